The third-order valence-corrected chi connectivity index (χ3v) is 5.70. The number of hydrogen-bond acceptors (Lipinski definition) is 6. The standard InChI is InChI=1S/C24H31NO6/c1-5-31-21-11-9-16(14-22(21)30-4)23(25-13-7-6-8-19(25)24(26)27)18-15-17(28-2)10-12-20(18)29-3/h9-12,14-15,19,23H,5-8,13H2,1-4H3,(H,26,27). The molecule has 2 aromatic carbocycles. The highest BCUT2D eigenvalue weighted by atomic mass is 16.5. The third-order valence-electron chi connectivity index (χ3n) is 5.70. The van der Waals surface area contributed by atoms with Crippen LogP contribution in [0.15, 0.2) is 36.4 Å². The Hall–Kier alpha value is -2.93. The van der Waals surface area contributed by atoms with Crippen molar-refractivity contribution in [2.24, 2.45) is 0 Å². The van der Waals surface area contributed by atoms with Crippen molar-refractivity contribution in [2.75, 3.05) is 34.5 Å². The van der Waals surface area contributed by atoms with Crippen LogP contribution in [0.2, 0.25) is 0 Å². The largest absolute Gasteiger partial charge is 0.497 e. The van der Waals surface area contributed by atoms with Crippen LogP contribution in [0.5, 0.6) is 23.0 Å². The maximum absolute atomic E-state index is 12.1. The van der Waals surface area contributed by atoms with E-state index in [1.807, 2.05) is 48.2 Å². The van der Waals surface area contributed by atoms with Gasteiger partial charge in [-0.1, -0.05) is 12.5 Å². The summed E-state index contributed by atoms with van der Waals surface area (Å²) in [6.07, 6.45) is 2.43. The zero-order valence-electron chi connectivity index (χ0n) is 18.6. The van der Waals surface area contributed by atoms with E-state index in [2.05, 4.69) is 0 Å². The molecule has 2 aromatic rings. The molecule has 0 spiro atoms. The molecule has 31 heavy (non-hydrogen) atoms. The van der Waals surface area contributed by atoms with E-state index in [1.165, 1.54) is 0 Å². The zero-order valence-corrected chi connectivity index (χ0v) is 18.6. The van der Waals surface area contributed by atoms with Gasteiger partial charge >= 0.3 is 5.97 Å². The highest BCUT2D eigenvalue weighted by Crippen LogP contribution is 2.42. The van der Waals surface area contributed by atoms with Crippen molar-refractivity contribution in [2.45, 2.75) is 38.3 Å². The predicted octanol–water partition coefficient (Wildman–Crippen LogP) is 4.14. The van der Waals surface area contributed by atoms with E-state index in [-0.39, 0.29) is 6.04 Å². The number of piperidine rings is 1. The number of rotatable bonds is 9. The van der Waals surface area contributed by atoms with Crippen LogP contribution < -0.4 is 18.9 Å². The van der Waals surface area contributed by atoms with Gasteiger partial charge < -0.3 is 24.1 Å². The summed E-state index contributed by atoms with van der Waals surface area (Å²) in [5.74, 6) is 1.80. The minimum atomic E-state index is -0.815. The van der Waals surface area contributed by atoms with Crippen molar-refractivity contribution in [3.05, 3.63) is 47.5 Å². The van der Waals surface area contributed by atoms with Crippen LogP contribution in [0.25, 0.3) is 0 Å². The third kappa shape index (κ3) is 4.88. The predicted molar refractivity (Wildman–Crippen MR) is 118 cm³/mol. The van der Waals surface area contributed by atoms with E-state index in [9.17, 15) is 9.90 Å². The van der Waals surface area contributed by atoms with Crippen molar-refractivity contribution in [3.8, 4) is 23.0 Å². The number of nitrogens with zero attached hydrogens (tertiary/aromatic N) is 1. The Kier molecular flexibility index (Phi) is 7.63. The normalized spacial score (nSPS) is 17.6. The number of ether oxygens (including phenoxy) is 4. The van der Waals surface area contributed by atoms with Gasteiger partial charge in [0.05, 0.1) is 34.0 Å². The Morgan fingerprint density at radius 2 is 1.77 bits per heavy atom. The van der Waals surface area contributed by atoms with Crippen LogP contribution in [-0.4, -0.2) is 56.5 Å². The zero-order chi connectivity index (χ0) is 22.4. The first-order valence-electron chi connectivity index (χ1n) is 10.5. The molecule has 1 aliphatic heterocycles. The molecular formula is C24H31NO6. The summed E-state index contributed by atoms with van der Waals surface area (Å²) in [6.45, 7) is 3.11. The second-order valence-electron chi connectivity index (χ2n) is 7.44. The van der Waals surface area contributed by atoms with Gasteiger partial charge in [-0.15, -0.1) is 0 Å². The number of hydrogen-bond donors (Lipinski definition) is 1. The molecule has 1 fully saturated rings. The highest BCUT2D eigenvalue weighted by molar-refractivity contribution is 5.74. The molecule has 0 aliphatic carbocycles. The van der Waals surface area contributed by atoms with Gasteiger partial charge in [-0.05, 0) is 62.2 Å². The van der Waals surface area contributed by atoms with E-state index < -0.39 is 12.0 Å². The van der Waals surface area contributed by atoms with Crippen molar-refractivity contribution < 1.29 is 28.8 Å². The lowest BCUT2D eigenvalue weighted by Crippen LogP contribution is -2.46. The van der Waals surface area contributed by atoms with Crippen LogP contribution >= 0.6 is 0 Å². The Morgan fingerprint density at radius 1 is 1.03 bits per heavy atom. The number of methoxy groups -OCH3 is 3. The first-order valence-corrected chi connectivity index (χ1v) is 10.5. The van der Waals surface area contributed by atoms with E-state index in [4.69, 9.17) is 18.9 Å². The molecule has 7 nitrogen and oxygen atoms in total. The van der Waals surface area contributed by atoms with Crippen molar-refractivity contribution in [3.63, 3.8) is 0 Å². The maximum atomic E-state index is 12.1. The van der Waals surface area contributed by atoms with Crippen molar-refractivity contribution in [1.29, 1.82) is 0 Å². The molecule has 1 N–H and O–H groups in total. The van der Waals surface area contributed by atoms with Crippen molar-refractivity contribution in [1.82, 2.24) is 4.90 Å². The topological polar surface area (TPSA) is 77.5 Å². The number of likely N-dealkylation sites (tertiary alicyclic amines) is 1. The van der Waals surface area contributed by atoms with E-state index in [0.29, 0.717) is 42.6 Å². The van der Waals surface area contributed by atoms with Gasteiger partial charge in [0.2, 0.25) is 0 Å². The summed E-state index contributed by atoms with van der Waals surface area (Å²) in [7, 11) is 4.83. The van der Waals surface area contributed by atoms with Gasteiger partial charge in [0.15, 0.2) is 11.5 Å². The van der Waals surface area contributed by atoms with E-state index in [0.717, 1.165) is 24.0 Å². The molecule has 0 saturated carbocycles. The second-order valence-corrected chi connectivity index (χ2v) is 7.44. The second kappa shape index (κ2) is 10.4. The Balaban J connectivity index is 2.19. The Morgan fingerprint density at radius 3 is 2.42 bits per heavy atom. The summed E-state index contributed by atoms with van der Waals surface area (Å²) < 4.78 is 22.4. The van der Waals surface area contributed by atoms with Gasteiger partial charge in [-0.2, -0.15) is 0 Å². The molecule has 0 aromatic heterocycles. The van der Waals surface area contributed by atoms with Gasteiger partial charge in [0, 0.05) is 5.56 Å². The molecule has 168 valence electrons. The molecule has 1 saturated heterocycles. The number of carbonyl (C=O) groups is 1. The summed E-state index contributed by atoms with van der Waals surface area (Å²) in [5, 5.41) is 9.95. The molecule has 0 radical (unpaired) electrons. The van der Waals surface area contributed by atoms with E-state index >= 15 is 0 Å². The lowest BCUT2D eigenvalue weighted by atomic mass is 9.90. The highest BCUT2D eigenvalue weighted by Gasteiger charge is 2.36. The molecule has 1 aliphatic rings. The van der Waals surface area contributed by atoms with Crippen LogP contribution in [-0.2, 0) is 4.79 Å². The number of carboxylic acids is 1. The quantitative estimate of drug-likeness (QED) is 0.642. The van der Waals surface area contributed by atoms with Gasteiger partial charge in [-0.25, -0.2) is 0 Å². The molecule has 2 unspecified atom stereocenters. The average molecular weight is 430 g/mol. The lowest BCUT2D eigenvalue weighted by molar-refractivity contribution is -0.145. The molecule has 0 bridgehead atoms. The first-order chi connectivity index (χ1) is 15.0. The summed E-state index contributed by atoms with van der Waals surface area (Å²) in [4.78, 5) is 14.2. The summed E-state index contributed by atoms with van der Waals surface area (Å²) in [6, 6.07) is 10.4. The monoisotopic (exact) mass is 429 g/mol. The van der Waals surface area contributed by atoms with Crippen LogP contribution in [0.1, 0.15) is 43.4 Å². The first kappa shape index (κ1) is 22.7. The number of aliphatic carboxylic acids is 1. The van der Waals surface area contributed by atoms with Crippen LogP contribution in [0, 0.1) is 0 Å². The number of benzene rings is 2. The number of carboxylic acid groups (broad SMARTS) is 1. The van der Waals surface area contributed by atoms with E-state index in [1.54, 1.807) is 21.3 Å². The fraction of sp³-hybridized carbons (Fsp3) is 0.458. The Labute approximate surface area is 183 Å². The molecule has 0 amide bonds. The minimum Gasteiger partial charge on any atom is -0.497 e. The van der Waals surface area contributed by atoms with Gasteiger partial charge in [-0.3, -0.25) is 9.69 Å². The Bertz CT molecular complexity index is 900. The molecule has 3 rings (SSSR count). The van der Waals surface area contributed by atoms with Crippen LogP contribution in [0.4, 0.5) is 0 Å². The maximum Gasteiger partial charge on any atom is 0.320 e. The SMILES string of the molecule is CCOc1ccc(C(c2cc(OC)ccc2OC)N2CCCCC2C(=O)O)cc1OC. The van der Waals surface area contributed by atoms with Crippen molar-refractivity contribution >= 4 is 5.97 Å². The molecule has 1 heterocycles. The molecule has 2 atom stereocenters. The van der Waals surface area contributed by atoms with Gasteiger partial charge in [0.25, 0.3) is 0 Å². The molecular weight excluding hydrogens is 398 g/mol. The fourth-order valence-electron chi connectivity index (χ4n) is 4.26. The summed E-state index contributed by atoms with van der Waals surface area (Å²) >= 11 is 0. The van der Waals surface area contributed by atoms with Gasteiger partial charge in [0.1, 0.15) is 17.5 Å². The van der Waals surface area contributed by atoms with Crippen LogP contribution in [0.3, 0.4) is 0 Å². The lowest BCUT2D eigenvalue weighted by Gasteiger charge is -2.40. The molecule has 7 heteroatoms. The summed E-state index contributed by atoms with van der Waals surface area (Å²) in [5.41, 5.74) is 1.75. The fourth-order valence-corrected chi connectivity index (χ4v) is 4.26. The average Bonchev–Trinajstić information content (AvgIpc) is 2.80. The smallest absolute Gasteiger partial charge is 0.320 e. The minimum absolute atomic E-state index is 0.351.